The fraction of sp³-hybridized carbons (Fsp3) is 0.433. The van der Waals surface area contributed by atoms with Crippen molar-refractivity contribution in [1.82, 2.24) is 25.1 Å². The average molecular weight is 544 g/mol. The van der Waals surface area contributed by atoms with Crippen molar-refractivity contribution in [3.8, 4) is 11.8 Å². The van der Waals surface area contributed by atoms with E-state index in [0.717, 1.165) is 93.0 Å². The van der Waals surface area contributed by atoms with Gasteiger partial charge in [-0.2, -0.15) is 9.97 Å². The van der Waals surface area contributed by atoms with Crippen LogP contribution in [0.15, 0.2) is 48.7 Å². The second-order valence-electron chi connectivity index (χ2n) is 10.8. The van der Waals surface area contributed by atoms with E-state index in [1.807, 2.05) is 36.5 Å². The standard InChI is InChI=1S/C30H37N7O3/c1-34-11-8-31-23(19-34)21-40-30-32-27-20-37(28-18-24(39)17-22-5-2-3-6-25(22)28)10-7-26(27)29(33-30)36-14-12-35(13-15-36)9-4-16-38/h2-6,9,16-18,23,31,39H,7-8,10-15,19-21H2,1H3/t23-/m1/s1. The zero-order chi connectivity index (χ0) is 27.5. The Morgan fingerprint density at radius 3 is 2.75 bits per heavy atom. The maximum absolute atomic E-state index is 10.8. The molecule has 1 atom stereocenters. The van der Waals surface area contributed by atoms with Crippen LogP contribution in [0.2, 0.25) is 0 Å². The highest BCUT2D eigenvalue weighted by molar-refractivity contribution is 5.95. The summed E-state index contributed by atoms with van der Waals surface area (Å²) >= 11 is 0. The Morgan fingerprint density at radius 2 is 1.93 bits per heavy atom. The van der Waals surface area contributed by atoms with E-state index in [0.29, 0.717) is 19.2 Å². The van der Waals surface area contributed by atoms with Gasteiger partial charge in [-0.25, -0.2) is 0 Å². The number of benzene rings is 2. The number of hydrogen-bond acceptors (Lipinski definition) is 10. The molecule has 0 unspecified atom stereocenters. The molecule has 10 heteroatoms. The third kappa shape index (κ3) is 5.68. The lowest BCUT2D eigenvalue weighted by Crippen LogP contribution is -2.51. The first kappa shape index (κ1) is 26.3. The summed E-state index contributed by atoms with van der Waals surface area (Å²) in [6, 6.07) is 12.5. The van der Waals surface area contributed by atoms with Crippen molar-refractivity contribution in [3.63, 3.8) is 0 Å². The van der Waals surface area contributed by atoms with Crippen LogP contribution in [0.5, 0.6) is 11.8 Å². The van der Waals surface area contributed by atoms with Crippen molar-refractivity contribution >= 4 is 28.6 Å². The van der Waals surface area contributed by atoms with Gasteiger partial charge in [0.15, 0.2) is 0 Å². The van der Waals surface area contributed by atoms with E-state index < -0.39 is 0 Å². The number of phenols is 1. The predicted molar refractivity (Wildman–Crippen MR) is 156 cm³/mol. The third-order valence-electron chi connectivity index (χ3n) is 8.05. The lowest BCUT2D eigenvalue weighted by atomic mass is 10.0. The van der Waals surface area contributed by atoms with E-state index >= 15 is 0 Å². The minimum atomic E-state index is 0.227. The van der Waals surface area contributed by atoms with Gasteiger partial charge < -0.3 is 34.8 Å². The average Bonchev–Trinajstić information content (AvgIpc) is 2.98. The lowest BCUT2D eigenvalue weighted by molar-refractivity contribution is -0.104. The maximum Gasteiger partial charge on any atom is 0.318 e. The van der Waals surface area contributed by atoms with Crippen molar-refractivity contribution in [2.45, 2.75) is 19.0 Å². The number of nitrogens with zero attached hydrogens (tertiary/aromatic N) is 6. The van der Waals surface area contributed by atoms with Gasteiger partial charge in [0.2, 0.25) is 0 Å². The fourth-order valence-corrected chi connectivity index (χ4v) is 5.97. The van der Waals surface area contributed by atoms with Gasteiger partial charge in [0.25, 0.3) is 0 Å². The van der Waals surface area contributed by atoms with Crippen molar-refractivity contribution in [1.29, 1.82) is 0 Å². The van der Waals surface area contributed by atoms with Gasteiger partial charge in [0.1, 0.15) is 24.5 Å². The fourth-order valence-electron chi connectivity index (χ4n) is 5.97. The molecule has 3 aliphatic rings. The highest BCUT2D eigenvalue weighted by Gasteiger charge is 2.28. The highest BCUT2D eigenvalue weighted by Crippen LogP contribution is 2.36. The lowest BCUT2D eigenvalue weighted by Gasteiger charge is -2.38. The molecule has 40 heavy (non-hydrogen) atoms. The number of phenolic OH excluding ortho intramolecular Hbond substituents is 1. The van der Waals surface area contributed by atoms with Crippen LogP contribution in [0.4, 0.5) is 11.5 Å². The molecule has 3 aliphatic heterocycles. The van der Waals surface area contributed by atoms with E-state index in [9.17, 15) is 9.90 Å². The Morgan fingerprint density at radius 1 is 1.07 bits per heavy atom. The van der Waals surface area contributed by atoms with Gasteiger partial charge in [-0.1, -0.05) is 24.3 Å². The largest absolute Gasteiger partial charge is 0.508 e. The number of carbonyl (C=O) groups excluding carboxylic acids is 1. The monoisotopic (exact) mass is 543 g/mol. The number of aromatic nitrogens is 2. The van der Waals surface area contributed by atoms with E-state index in [2.05, 4.69) is 38.0 Å². The van der Waals surface area contributed by atoms with Crippen LogP contribution >= 0.6 is 0 Å². The quantitative estimate of drug-likeness (QED) is 0.340. The Labute approximate surface area is 234 Å². The van der Waals surface area contributed by atoms with E-state index in [-0.39, 0.29) is 11.8 Å². The number of aromatic hydroxyl groups is 1. The molecule has 2 N–H and O–H groups in total. The van der Waals surface area contributed by atoms with Gasteiger partial charge in [0, 0.05) is 81.3 Å². The van der Waals surface area contributed by atoms with Crippen LogP contribution in [0.25, 0.3) is 10.8 Å². The van der Waals surface area contributed by atoms with Crippen LogP contribution in [0, 0.1) is 0 Å². The van der Waals surface area contributed by atoms with Crippen LogP contribution in [0.1, 0.15) is 11.3 Å². The van der Waals surface area contributed by atoms with Crippen molar-refractivity contribution < 1.29 is 14.6 Å². The predicted octanol–water partition coefficient (Wildman–Crippen LogP) is 2.02. The summed E-state index contributed by atoms with van der Waals surface area (Å²) in [6.45, 7) is 8.07. The second kappa shape index (κ2) is 11.7. The SMILES string of the molecule is CN1CCN[C@@H](COc2nc3c(c(N4CCN(C=CC=O)CC4)n2)CCN(c2cc(O)cc4ccccc24)C3)C1. The topological polar surface area (TPSA) is 97.3 Å². The van der Waals surface area contributed by atoms with Gasteiger partial charge in [0.05, 0.1) is 18.3 Å². The molecule has 10 nitrogen and oxygen atoms in total. The number of nitrogens with one attached hydrogen (secondary N) is 1. The Hall–Kier alpha value is -3.89. The number of carbonyl (C=O) groups is 1. The summed E-state index contributed by atoms with van der Waals surface area (Å²) in [4.78, 5) is 29.8. The Kier molecular flexibility index (Phi) is 7.70. The Balaban J connectivity index is 1.29. The molecular formula is C30H37N7O3. The number of allylic oxidation sites excluding steroid dienone is 1. The Bertz CT molecular complexity index is 1390. The number of hydrogen-bond donors (Lipinski definition) is 2. The van der Waals surface area contributed by atoms with Crippen LogP contribution in [-0.2, 0) is 17.8 Å². The molecule has 4 heterocycles. The number of aldehydes is 1. The molecule has 0 bridgehead atoms. The van der Waals surface area contributed by atoms with E-state index in [1.165, 1.54) is 5.56 Å². The zero-order valence-electron chi connectivity index (χ0n) is 23.0. The number of fused-ring (bicyclic) bond motifs is 2. The molecule has 0 spiro atoms. The molecule has 210 valence electrons. The van der Waals surface area contributed by atoms with Crippen molar-refractivity contribution in [2.24, 2.45) is 0 Å². The molecule has 1 aromatic heterocycles. The molecule has 0 radical (unpaired) electrons. The second-order valence-corrected chi connectivity index (χ2v) is 10.8. The summed E-state index contributed by atoms with van der Waals surface area (Å²) in [5.74, 6) is 1.21. The number of ether oxygens (including phenoxy) is 1. The molecule has 2 fully saturated rings. The van der Waals surface area contributed by atoms with Crippen molar-refractivity contribution in [3.05, 3.63) is 59.9 Å². The number of likely N-dealkylation sites (N-methyl/N-ethyl adjacent to an activating group) is 1. The molecule has 2 aromatic carbocycles. The van der Waals surface area contributed by atoms with Crippen LogP contribution in [0.3, 0.4) is 0 Å². The number of rotatable bonds is 7. The van der Waals surface area contributed by atoms with E-state index in [1.54, 1.807) is 6.08 Å². The van der Waals surface area contributed by atoms with E-state index in [4.69, 9.17) is 14.7 Å². The number of anilines is 2. The van der Waals surface area contributed by atoms with Gasteiger partial charge in [-0.15, -0.1) is 0 Å². The van der Waals surface area contributed by atoms with Gasteiger partial charge in [-0.3, -0.25) is 4.79 Å². The number of piperazine rings is 2. The zero-order valence-corrected chi connectivity index (χ0v) is 23.0. The molecule has 0 amide bonds. The normalized spacial score (nSPS) is 20.2. The van der Waals surface area contributed by atoms with Crippen LogP contribution < -0.4 is 19.9 Å². The smallest absolute Gasteiger partial charge is 0.318 e. The summed E-state index contributed by atoms with van der Waals surface area (Å²) < 4.78 is 6.24. The maximum atomic E-state index is 10.8. The van der Waals surface area contributed by atoms with Gasteiger partial charge >= 0.3 is 6.01 Å². The molecule has 0 aliphatic carbocycles. The summed E-state index contributed by atoms with van der Waals surface area (Å²) in [6.07, 6.45) is 5.02. The molecular weight excluding hydrogens is 506 g/mol. The first-order valence-corrected chi connectivity index (χ1v) is 14.1. The third-order valence-corrected chi connectivity index (χ3v) is 8.05. The first-order valence-electron chi connectivity index (χ1n) is 14.1. The van der Waals surface area contributed by atoms with Gasteiger partial charge in [-0.05, 0) is 31.0 Å². The highest BCUT2D eigenvalue weighted by atomic mass is 16.5. The summed E-state index contributed by atoms with van der Waals surface area (Å²) in [7, 11) is 2.13. The van der Waals surface area contributed by atoms with Crippen LogP contribution in [-0.4, -0.2) is 103 Å². The summed E-state index contributed by atoms with van der Waals surface area (Å²) in [5, 5.41) is 16.1. The molecule has 2 saturated heterocycles. The molecule has 0 saturated carbocycles. The minimum absolute atomic E-state index is 0.227. The minimum Gasteiger partial charge on any atom is -0.508 e. The van der Waals surface area contributed by atoms with Crippen molar-refractivity contribution in [2.75, 3.05) is 75.8 Å². The summed E-state index contributed by atoms with van der Waals surface area (Å²) in [5.41, 5.74) is 3.14. The molecule has 6 rings (SSSR count). The first-order chi connectivity index (χ1) is 19.6. The molecule has 3 aromatic rings.